The van der Waals surface area contributed by atoms with E-state index in [9.17, 15) is 4.79 Å². The molecule has 7 heteroatoms. The molecule has 0 spiro atoms. The minimum absolute atomic E-state index is 0.0248. The van der Waals surface area contributed by atoms with Gasteiger partial charge in [-0.15, -0.1) is 5.10 Å². The van der Waals surface area contributed by atoms with Gasteiger partial charge in [0.1, 0.15) is 5.82 Å². The zero-order valence-electron chi connectivity index (χ0n) is 14.4. The molecule has 0 amide bonds. The van der Waals surface area contributed by atoms with Crippen molar-refractivity contribution in [3.05, 3.63) is 52.8 Å². The van der Waals surface area contributed by atoms with Crippen LogP contribution >= 0.6 is 0 Å². The molecule has 0 radical (unpaired) electrons. The Balaban J connectivity index is 1.52. The molecule has 1 aliphatic heterocycles. The molecule has 0 aliphatic carbocycles. The van der Waals surface area contributed by atoms with E-state index in [1.54, 1.807) is 10.8 Å². The maximum Gasteiger partial charge on any atom is 0.261 e. The van der Waals surface area contributed by atoms with Gasteiger partial charge in [0.15, 0.2) is 0 Å². The minimum atomic E-state index is 0.0248. The second kappa shape index (κ2) is 6.76. The predicted molar refractivity (Wildman–Crippen MR) is 95.0 cm³/mol. The van der Waals surface area contributed by atoms with Crippen LogP contribution in [0.1, 0.15) is 18.7 Å². The normalized spacial score (nSPS) is 18.7. The van der Waals surface area contributed by atoms with E-state index in [1.807, 2.05) is 42.2 Å². The standard InChI is InChI=1S/C18H22N6O/c1-22-17(20-16-7-3-2-6-15(16)18(22)25)13-23-9-4-5-14(11-23)12-24-10-8-19-21-24/h2-3,6-8,10,14H,4-5,9,11-13H2,1H3. The summed E-state index contributed by atoms with van der Waals surface area (Å²) in [6, 6.07) is 7.55. The van der Waals surface area contributed by atoms with Crippen molar-refractivity contribution in [2.75, 3.05) is 13.1 Å². The van der Waals surface area contributed by atoms with Gasteiger partial charge in [-0.2, -0.15) is 0 Å². The number of hydrogen-bond donors (Lipinski definition) is 0. The molecule has 1 saturated heterocycles. The first-order valence-corrected chi connectivity index (χ1v) is 8.72. The summed E-state index contributed by atoms with van der Waals surface area (Å²) in [4.78, 5) is 19.7. The molecule has 25 heavy (non-hydrogen) atoms. The summed E-state index contributed by atoms with van der Waals surface area (Å²) in [5, 5.41) is 8.62. The average molecular weight is 338 g/mol. The van der Waals surface area contributed by atoms with Crippen molar-refractivity contribution in [3.63, 3.8) is 0 Å². The van der Waals surface area contributed by atoms with Crippen LogP contribution in [-0.2, 0) is 20.1 Å². The number of hydrogen-bond acceptors (Lipinski definition) is 5. The molecular formula is C18H22N6O. The Hall–Kier alpha value is -2.54. The molecule has 0 N–H and O–H groups in total. The van der Waals surface area contributed by atoms with Gasteiger partial charge in [0, 0.05) is 26.3 Å². The molecule has 0 bridgehead atoms. The van der Waals surface area contributed by atoms with E-state index in [1.165, 1.54) is 6.42 Å². The van der Waals surface area contributed by atoms with E-state index in [0.717, 1.165) is 37.4 Å². The third kappa shape index (κ3) is 3.32. The molecule has 3 heterocycles. The smallest absolute Gasteiger partial charge is 0.261 e. The third-order valence-electron chi connectivity index (χ3n) is 4.96. The Morgan fingerprint density at radius 3 is 3.00 bits per heavy atom. The van der Waals surface area contributed by atoms with Gasteiger partial charge < -0.3 is 0 Å². The minimum Gasteiger partial charge on any atom is -0.298 e. The van der Waals surface area contributed by atoms with Crippen LogP contribution in [0.25, 0.3) is 10.9 Å². The van der Waals surface area contributed by atoms with Crippen LogP contribution in [0.4, 0.5) is 0 Å². The molecule has 2 aromatic heterocycles. The Morgan fingerprint density at radius 2 is 2.16 bits per heavy atom. The van der Waals surface area contributed by atoms with Crippen LogP contribution in [0, 0.1) is 5.92 Å². The Morgan fingerprint density at radius 1 is 1.28 bits per heavy atom. The topological polar surface area (TPSA) is 68.8 Å². The van der Waals surface area contributed by atoms with Crippen LogP contribution in [0.5, 0.6) is 0 Å². The number of rotatable bonds is 4. The average Bonchev–Trinajstić information content (AvgIpc) is 3.13. The van der Waals surface area contributed by atoms with Crippen LogP contribution < -0.4 is 5.56 Å². The summed E-state index contributed by atoms with van der Waals surface area (Å²) < 4.78 is 3.58. The van der Waals surface area contributed by atoms with Crippen LogP contribution in [0.15, 0.2) is 41.5 Å². The van der Waals surface area contributed by atoms with Gasteiger partial charge >= 0.3 is 0 Å². The summed E-state index contributed by atoms with van der Waals surface area (Å²) in [6.45, 7) is 3.62. The molecule has 0 saturated carbocycles. The first kappa shape index (κ1) is 16.0. The SMILES string of the molecule is Cn1c(CN2CCCC(Cn3ccnn3)C2)nc2ccccc2c1=O. The van der Waals surface area contributed by atoms with Crippen molar-refractivity contribution in [3.8, 4) is 0 Å². The number of para-hydroxylation sites is 1. The summed E-state index contributed by atoms with van der Waals surface area (Å²) in [6.07, 6.45) is 5.98. The maximum atomic E-state index is 12.6. The van der Waals surface area contributed by atoms with Crippen LogP contribution in [0.3, 0.4) is 0 Å². The lowest BCUT2D eigenvalue weighted by atomic mass is 9.98. The molecule has 3 aromatic rings. The number of piperidine rings is 1. The van der Waals surface area contributed by atoms with Crippen molar-refractivity contribution in [1.82, 2.24) is 29.4 Å². The van der Waals surface area contributed by atoms with Gasteiger partial charge in [0.05, 0.1) is 23.6 Å². The third-order valence-corrected chi connectivity index (χ3v) is 4.96. The fourth-order valence-corrected chi connectivity index (χ4v) is 3.64. The maximum absolute atomic E-state index is 12.6. The van der Waals surface area contributed by atoms with Crippen LogP contribution in [0.2, 0.25) is 0 Å². The number of benzene rings is 1. The van der Waals surface area contributed by atoms with E-state index in [4.69, 9.17) is 4.98 Å². The predicted octanol–water partition coefficient (Wildman–Crippen LogP) is 1.44. The highest BCUT2D eigenvalue weighted by molar-refractivity contribution is 5.77. The molecule has 1 aromatic carbocycles. The van der Waals surface area contributed by atoms with Crippen LogP contribution in [-0.4, -0.2) is 42.5 Å². The zero-order valence-corrected chi connectivity index (χ0v) is 14.4. The molecule has 7 nitrogen and oxygen atoms in total. The van der Waals surface area contributed by atoms with Gasteiger partial charge in [0.2, 0.25) is 0 Å². The first-order valence-electron chi connectivity index (χ1n) is 8.72. The van der Waals surface area contributed by atoms with Crippen molar-refractivity contribution in [2.45, 2.75) is 25.9 Å². The van der Waals surface area contributed by atoms with Crippen molar-refractivity contribution in [2.24, 2.45) is 13.0 Å². The molecule has 1 unspecified atom stereocenters. The highest BCUT2D eigenvalue weighted by Gasteiger charge is 2.22. The van der Waals surface area contributed by atoms with Gasteiger partial charge in [-0.3, -0.25) is 18.9 Å². The van der Waals surface area contributed by atoms with E-state index >= 15 is 0 Å². The van der Waals surface area contributed by atoms with Gasteiger partial charge in [0.25, 0.3) is 5.56 Å². The van der Waals surface area contributed by atoms with Gasteiger partial charge in [-0.25, -0.2) is 4.98 Å². The van der Waals surface area contributed by atoms with Gasteiger partial charge in [-0.05, 0) is 37.4 Å². The lowest BCUT2D eigenvalue weighted by Crippen LogP contribution is -2.38. The number of nitrogens with zero attached hydrogens (tertiary/aromatic N) is 6. The van der Waals surface area contributed by atoms with E-state index in [-0.39, 0.29) is 5.56 Å². The number of aromatic nitrogens is 5. The quantitative estimate of drug-likeness (QED) is 0.720. The van der Waals surface area contributed by atoms with Crippen molar-refractivity contribution < 1.29 is 0 Å². The van der Waals surface area contributed by atoms with Crippen molar-refractivity contribution >= 4 is 10.9 Å². The number of likely N-dealkylation sites (tertiary alicyclic amines) is 1. The molecular weight excluding hydrogens is 316 g/mol. The van der Waals surface area contributed by atoms with E-state index in [2.05, 4.69) is 15.2 Å². The highest BCUT2D eigenvalue weighted by Crippen LogP contribution is 2.19. The van der Waals surface area contributed by atoms with E-state index < -0.39 is 0 Å². The summed E-state index contributed by atoms with van der Waals surface area (Å²) >= 11 is 0. The lowest BCUT2D eigenvalue weighted by Gasteiger charge is -2.32. The molecule has 4 rings (SSSR count). The molecule has 1 aliphatic rings. The lowest BCUT2D eigenvalue weighted by molar-refractivity contribution is 0.148. The number of fused-ring (bicyclic) bond motifs is 1. The summed E-state index contributed by atoms with van der Waals surface area (Å²) in [5.74, 6) is 1.37. The fraction of sp³-hybridized carbons (Fsp3) is 0.444. The fourth-order valence-electron chi connectivity index (χ4n) is 3.64. The van der Waals surface area contributed by atoms with Crippen molar-refractivity contribution in [1.29, 1.82) is 0 Å². The molecule has 130 valence electrons. The summed E-state index contributed by atoms with van der Waals surface area (Å²) in [5.41, 5.74) is 0.800. The summed E-state index contributed by atoms with van der Waals surface area (Å²) in [7, 11) is 1.81. The zero-order chi connectivity index (χ0) is 17.2. The highest BCUT2D eigenvalue weighted by atomic mass is 16.1. The largest absolute Gasteiger partial charge is 0.298 e. The van der Waals surface area contributed by atoms with Gasteiger partial charge in [-0.1, -0.05) is 17.3 Å². The second-order valence-electron chi connectivity index (χ2n) is 6.78. The Kier molecular flexibility index (Phi) is 4.31. The Labute approximate surface area is 145 Å². The molecule has 1 fully saturated rings. The molecule has 1 atom stereocenters. The second-order valence-corrected chi connectivity index (χ2v) is 6.78. The van der Waals surface area contributed by atoms with E-state index in [0.29, 0.717) is 17.8 Å². The first-order chi connectivity index (χ1) is 12.2. The Bertz CT molecular complexity index is 917. The monoisotopic (exact) mass is 338 g/mol.